The summed E-state index contributed by atoms with van der Waals surface area (Å²) in [4.78, 5) is 15.7. The second kappa shape index (κ2) is 8.39. The summed E-state index contributed by atoms with van der Waals surface area (Å²) in [6.45, 7) is 3.84. The summed E-state index contributed by atoms with van der Waals surface area (Å²) in [6, 6.07) is 3.66. The van der Waals surface area contributed by atoms with E-state index in [1.807, 2.05) is 0 Å². The smallest absolute Gasteiger partial charge is 0.317 e. The first-order chi connectivity index (χ1) is 11.4. The van der Waals surface area contributed by atoms with Gasteiger partial charge in [0.25, 0.3) is 0 Å². The predicted molar refractivity (Wildman–Crippen MR) is 87.5 cm³/mol. The Morgan fingerprint density at radius 2 is 2.04 bits per heavy atom. The number of amides is 2. The summed E-state index contributed by atoms with van der Waals surface area (Å²) in [5.41, 5.74) is 0.743. The maximum atomic E-state index is 13.2. The molecule has 1 aromatic rings. The van der Waals surface area contributed by atoms with Crippen molar-refractivity contribution >= 4 is 6.03 Å². The van der Waals surface area contributed by atoms with E-state index in [9.17, 15) is 13.6 Å². The number of benzene rings is 1. The van der Waals surface area contributed by atoms with Crippen LogP contribution in [0.2, 0.25) is 0 Å². The van der Waals surface area contributed by atoms with E-state index in [-0.39, 0.29) is 24.7 Å². The highest BCUT2D eigenvalue weighted by Crippen LogP contribution is 2.16. The highest BCUT2D eigenvalue weighted by Gasteiger charge is 2.23. The van der Waals surface area contributed by atoms with Crippen LogP contribution in [0.1, 0.15) is 25.3 Å². The summed E-state index contributed by atoms with van der Waals surface area (Å²) in [5.74, 6) is -1.66. The predicted octanol–water partition coefficient (Wildman–Crippen LogP) is 1.95. The molecule has 0 aliphatic carbocycles. The van der Waals surface area contributed by atoms with Crippen LogP contribution in [0.4, 0.5) is 13.6 Å². The molecular formula is C17H25F2N3O2. The first kappa shape index (κ1) is 18.6. The molecule has 2 amide bonds. The number of nitrogens with zero attached hydrogens (tertiary/aromatic N) is 2. The van der Waals surface area contributed by atoms with E-state index in [0.29, 0.717) is 6.54 Å². The number of nitrogens with one attached hydrogen (secondary N) is 1. The second-order valence-electron chi connectivity index (χ2n) is 6.39. The Kier molecular flexibility index (Phi) is 6.51. The molecule has 0 bridgehead atoms. The fourth-order valence-corrected chi connectivity index (χ4v) is 2.73. The molecule has 2 rings (SSSR count). The monoisotopic (exact) mass is 341 g/mol. The highest BCUT2D eigenvalue weighted by molar-refractivity contribution is 5.74. The number of carbonyl (C=O) groups is 1. The van der Waals surface area contributed by atoms with Gasteiger partial charge in [-0.15, -0.1) is 0 Å². The maximum absolute atomic E-state index is 13.2. The van der Waals surface area contributed by atoms with Gasteiger partial charge < -0.3 is 15.3 Å². The van der Waals surface area contributed by atoms with Gasteiger partial charge in [0.2, 0.25) is 0 Å². The van der Waals surface area contributed by atoms with Crippen molar-refractivity contribution < 1.29 is 18.7 Å². The first-order valence-electron chi connectivity index (χ1n) is 8.21. The molecular weight excluding hydrogens is 316 g/mol. The molecule has 0 aromatic heterocycles. The molecule has 2 N–H and O–H groups in total. The lowest BCUT2D eigenvalue weighted by Crippen LogP contribution is -2.50. The number of piperidine rings is 1. The molecule has 24 heavy (non-hydrogen) atoms. The van der Waals surface area contributed by atoms with Gasteiger partial charge in [0.1, 0.15) is 0 Å². The van der Waals surface area contributed by atoms with Crippen molar-refractivity contribution in [2.24, 2.45) is 0 Å². The number of aliphatic hydroxyl groups excluding tert-OH is 1. The Morgan fingerprint density at radius 3 is 2.62 bits per heavy atom. The molecule has 1 aliphatic rings. The number of carbonyl (C=O) groups excluding carboxylic acids is 1. The maximum Gasteiger partial charge on any atom is 0.317 e. The summed E-state index contributed by atoms with van der Waals surface area (Å²) < 4.78 is 26.2. The summed E-state index contributed by atoms with van der Waals surface area (Å²) in [6.07, 6.45) is 1.60. The van der Waals surface area contributed by atoms with E-state index in [0.717, 1.165) is 37.6 Å². The van der Waals surface area contributed by atoms with E-state index >= 15 is 0 Å². The van der Waals surface area contributed by atoms with Gasteiger partial charge in [-0.2, -0.15) is 0 Å². The molecule has 5 nitrogen and oxygen atoms in total. The number of urea groups is 1. The summed E-state index contributed by atoms with van der Waals surface area (Å²) in [7, 11) is 1.66. The molecule has 1 saturated heterocycles. The van der Waals surface area contributed by atoms with Gasteiger partial charge >= 0.3 is 6.03 Å². The van der Waals surface area contributed by atoms with Gasteiger partial charge in [-0.25, -0.2) is 13.6 Å². The highest BCUT2D eigenvalue weighted by atomic mass is 19.2. The molecule has 1 unspecified atom stereocenters. The Morgan fingerprint density at radius 1 is 1.38 bits per heavy atom. The third-order valence-corrected chi connectivity index (χ3v) is 4.55. The van der Waals surface area contributed by atoms with Crippen molar-refractivity contribution in [1.29, 1.82) is 0 Å². The van der Waals surface area contributed by atoms with Crippen molar-refractivity contribution in [2.75, 3.05) is 26.7 Å². The van der Waals surface area contributed by atoms with Gasteiger partial charge in [-0.1, -0.05) is 6.07 Å². The number of hydrogen-bond acceptors (Lipinski definition) is 3. The molecule has 0 saturated carbocycles. The lowest BCUT2D eigenvalue weighted by atomic mass is 10.0. The van der Waals surface area contributed by atoms with Crippen LogP contribution in [-0.2, 0) is 6.54 Å². The largest absolute Gasteiger partial charge is 0.394 e. The fraction of sp³-hybridized carbons (Fsp3) is 0.588. The summed E-state index contributed by atoms with van der Waals surface area (Å²) in [5, 5.41) is 12.1. The Labute approximate surface area is 141 Å². The summed E-state index contributed by atoms with van der Waals surface area (Å²) >= 11 is 0. The van der Waals surface area contributed by atoms with E-state index < -0.39 is 11.6 Å². The number of likely N-dealkylation sites (tertiary alicyclic amines) is 1. The van der Waals surface area contributed by atoms with Crippen LogP contribution >= 0.6 is 0 Å². The lowest BCUT2D eigenvalue weighted by Gasteiger charge is -2.34. The molecule has 1 atom stereocenters. The zero-order chi connectivity index (χ0) is 17.7. The van der Waals surface area contributed by atoms with Gasteiger partial charge in [0.15, 0.2) is 11.6 Å². The van der Waals surface area contributed by atoms with E-state index in [2.05, 4.69) is 10.2 Å². The second-order valence-corrected chi connectivity index (χ2v) is 6.39. The SMILES string of the molecule is CC(CO)N(C)C(=O)NC1CCN(Cc2ccc(F)c(F)c2)CC1. The van der Waals surface area contributed by atoms with Gasteiger partial charge in [0.05, 0.1) is 12.6 Å². The minimum atomic E-state index is -0.832. The quantitative estimate of drug-likeness (QED) is 0.861. The lowest BCUT2D eigenvalue weighted by molar-refractivity contribution is 0.145. The van der Waals surface area contributed by atoms with Crippen LogP contribution in [0.25, 0.3) is 0 Å². The Balaban J connectivity index is 1.79. The normalized spacial score (nSPS) is 17.5. The first-order valence-corrected chi connectivity index (χ1v) is 8.21. The number of rotatable bonds is 5. The van der Waals surface area contributed by atoms with Crippen LogP contribution in [-0.4, -0.2) is 59.8 Å². The molecule has 1 heterocycles. The number of hydrogen-bond donors (Lipinski definition) is 2. The number of halogens is 2. The molecule has 0 radical (unpaired) electrons. The van der Waals surface area contributed by atoms with Crippen LogP contribution in [0, 0.1) is 11.6 Å². The topological polar surface area (TPSA) is 55.8 Å². The van der Waals surface area contributed by atoms with Crippen LogP contribution < -0.4 is 5.32 Å². The van der Waals surface area contributed by atoms with E-state index in [4.69, 9.17) is 5.11 Å². The Hall–Kier alpha value is -1.73. The standard InChI is InChI=1S/C17H25F2N3O2/c1-12(11-23)21(2)17(24)20-14-5-7-22(8-6-14)10-13-3-4-15(18)16(19)9-13/h3-4,9,12,14,23H,5-8,10-11H2,1-2H3,(H,20,24). The van der Waals surface area contributed by atoms with Crippen molar-refractivity contribution in [2.45, 2.75) is 38.4 Å². The minimum Gasteiger partial charge on any atom is -0.394 e. The number of likely N-dealkylation sites (N-methyl/N-ethyl adjacent to an activating group) is 1. The molecule has 1 aromatic carbocycles. The molecule has 134 valence electrons. The molecule has 7 heteroatoms. The van der Waals surface area contributed by atoms with Crippen LogP contribution in [0.5, 0.6) is 0 Å². The molecule has 1 fully saturated rings. The van der Waals surface area contributed by atoms with Crippen LogP contribution in [0.3, 0.4) is 0 Å². The fourth-order valence-electron chi connectivity index (χ4n) is 2.73. The van der Waals surface area contributed by atoms with Crippen molar-refractivity contribution in [1.82, 2.24) is 15.1 Å². The van der Waals surface area contributed by atoms with Crippen molar-refractivity contribution in [3.63, 3.8) is 0 Å². The zero-order valence-corrected chi connectivity index (χ0v) is 14.1. The van der Waals surface area contributed by atoms with E-state index in [1.54, 1.807) is 20.0 Å². The molecule has 0 spiro atoms. The zero-order valence-electron chi connectivity index (χ0n) is 14.1. The van der Waals surface area contributed by atoms with Gasteiger partial charge in [-0.05, 0) is 37.5 Å². The average Bonchev–Trinajstić information content (AvgIpc) is 2.58. The van der Waals surface area contributed by atoms with Crippen molar-refractivity contribution in [3.05, 3.63) is 35.4 Å². The molecule has 1 aliphatic heterocycles. The minimum absolute atomic E-state index is 0.0728. The van der Waals surface area contributed by atoms with E-state index in [1.165, 1.54) is 11.0 Å². The third kappa shape index (κ3) is 4.88. The average molecular weight is 341 g/mol. The number of aliphatic hydroxyl groups is 1. The van der Waals surface area contributed by atoms with Crippen molar-refractivity contribution in [3.8, 4) is 0 Å². The third-order valence-electron chi connectivity index (χ3n) is 4.55. The van der Waals surface area contributed by atoms with Gasteiger partial charge in [0, 0.05) is 32.7 Å². The van der Waals surface area contributed by atoms with Gasteiger partial charge in [-0.3, -0.25) is 4.90 Å². The Bertz CT molecular complexity index is 563. The van der Waals surface area contributed by atoms with Crippen LogP contribution in [0.15, 0.2) is 18.2 Å².